The quantitative estimate of drug-likeness (QED) is 0.221. The summed E-state index contributed by atoms with van der Waals surface area (Å²) in [6.07, 6.45) is 0. The summed E-state index contributed by atoms with van der Waals surface area (Å²) in [7, 11) is 0. The van der Waals surface area contributed by atoms with Crippen molar-refractivity contribution in [3.05, 3.63) is 127 Å². The van der Waals surface area contributed by atoms with Crippen LogP contribution in [0.4, 0.5) is 0 Å². The number of hydrogen-bond donors (Lipinski definition) is 0. The summed E-state index contributed by atoms with van der Waals surface area (Å²) in [5.41, 5.74) is 11.9. The Bertz CT molecular complexity index is 2570. The molecule has 1 aliphatic carbocycles. The van der Waals surface area contributed by atoms with Gasteiger partial charge in [-0.1, -0.05) is 84.9 Å². The number of para-hydroxylation sites is 1. The Morgan fingerprint density at radius 3 is 2.19 bits per heavy atom. The van der Waals surface area contributed by atoms with Gasteiger partial charge in [0.2, 0.25) is 5.89 Å². The molecule has 0 radical (unpaired) electrons. The number of hydrogen-bond acceptors (Lipinski definition) is 3. The topological polar surface area (TPSA) is 39.2 Å². The highest BCUT2D eigenvalue weighted by Gasteiger charge is 2.25. The van der Waals surface area contributed by atoms with Crippen LogP contribution >= 0.6 is 0 Å². The lowest BCUT2D eigenvalue weighted by Gasteiger charge is -2.08. The maximum Gasteiger partial charge on any atom is 0.227 e. The average Bonchev–Trinajstić information content (AvgIpc) is 3.74. The normalized spacial score (nSPS) is 12.3. The molecule has 3 nitrogen and oxygen atoms in total. The highest BCUT2D eigenvalue weighted by Crippen LogP contribution is 2.51. The van der Waals surface area contributed by atoms with Gasteiger partial charge in [0.05, 0.1) is 0 Å². The number of furan rings is 1. The molecule has 0 unspecified atom stereocenters. The van der Waals surface area contributed by atoms with Crippen LogP contribution in [0.2, 0.25) is 0 Å². The number of aromatic nitrogens is 1. The Balaban J connectivity index is 1.17. The van der Waals surface area contributed by atoms with Crippen molar-refractivity contribution in [1.82, 2.24) is 4.98 Å². The minimum atomic E-state index is 0.642. The summed E-state index contributed by atoms with van der Waals surface area (Å²) >= 11 is 0. The summed E-state index contributed by atoms with van der Waals surface area (Å²) in [4.78, 5) is 4.79. The molecule has 0 atom stereocenters. The Hall–Kier alpha value is -5.67. The van der Waals surface area contributed by atoms with Crippen molar-refractivity contribution in [3.8, 4) is 44.8 Å². The van der Waals surface area contributed by atoms with E-state index in [1.54, 1.807) is 0 Å². The van der Waals surface area contributed by atoms with Gasteiger partial charge < -0.3 is 8.83 Å². The van der Waals surface area contributed by atoms with E-state index in [9.17, 15) is 0 Å². The average molecular weight is 536 g/mol. The van der Waals surface area contributed by atoms with Gasteiger partial charge in [0.1, 0.15) is 16.7 Å². The fourth-order valence-electron chi connectivity index (χ4n) is 6.90. The first kappa shape index (κ1) is 22.1. The Morgan fingerprint density at radius 2 is 1.24 bits per heavy atom. The largest absolute Gasteiger partial charge is 0.456 e. The van der Waals surface area contributed by atoms with E-state index >= 15 is 0 Å². The standard InChI is InChI=1S/C39H21NO2/c1-2-7-23(8-3-1)39-40-33-18-16-22-13-14-24(19-30(22)38(33)42-39)25-15-17-26-27-10-6-11-29-36(27)32(31(26)20-25)21-35-37(29)28-9-4-5-12-34(28)41-35/h1-21H. The van der Waals surface area contributed by atoms with E-state index in [1.807, 2.05) is 42.5 Å². The lowest BCUT2D eigenvalue weighted by Crippen LogP contribution is -1.83. The molecule has 0 bridgehead atoms. The zero-order valence-electron chi connectivity index (χ0n) is 22.4. The van der Waals surface area contributed by atoms with Crippen molar-refractivity contribution in [2.45, 2.75) is 0 Å². The number of nitrogens with zero attached hydrogens (tertiary/aromatic N) is 1. The van der Waals surface area contributed by atoms with Gasteiger partial charge in [0.15, 0.2) is 5.58 Å². The van der Waals surface area contributed by atoms with Crippen LogP contribution in [0.5, 0.6) is 0 Å². The van der Waals surface area contributed by atoms with Crippen LogP contribution in [-0.2, 0) is 0 Å². The van der Waals surface area contributed by atoms with Crippen LogP contribution in [-0.4, -0.2) is 4.98 Å². The predicted octanol–water partition coefficient (Wildman–Crippen LogP) is 11.0. The second-order valence-electron chi connectivity index (χ2n) is 11.1. The van der Waals surface area contributed by atoms with Crippen LogP contribution in [0.25, 0.3) is 99.4 Å². The number of fused-ring (bicyclic) bond motifs is 10. The maximum atomic E-state index is 6.36. The Morgan fingerprint density at radius 1 is 0.429 bits per heavy atom. The fourth-order valence-corrected chi connectivity index (χ4v) is 6.90. The summed E-state index contributed by atoms with van der Waals surface area (Å²) in [5.74, 6) is 0.642. The zero-order chi connectivity index (χ0) is 27.4. The number of oxazole rings is 1. The third-order valence-electron chi connectivity index (χ3n) is 8.83. The molecule has 9 aromatic rings. The van der Waals surface area contributed by atoms with Gasteiger partial charge in [-0.25, -0.2) is 4.98 Å². The van der Waals surface area contributed by atoms with Gasteiger partial charge in [-0.05, 0) is 92.0 Å². The lowest BCUT2D eigenvalue weighted by molar-refractivity contribution is 0.623. The van der Waals surface area contributed by atoms with Gasteiger partial charge in [-0.3, -0.25) is 0 Å². The predicted molar refractivity (Wildman–Crippen MR) is 172 cm³/mol. The van der Waals surface area contributed by atoms with Gasteiger partial charge in [-0.2, -0.15) is 0 Å². The van der Waals surface area contributed by atoms with Crippen molar-refractivity contribution in [3.63, 3.8) is 0 Å². The zero-order valence-corrected chi connectivity index (χ0v) is 22.4. The summed E-state index contributed by atoms with van der Waals surface area (Å²) in [6, 6.07) is 44.9. The minimum Gasteiger partial charge on any atom is -0.456 e. The second-order valence-corrected chi connectivity index (χ2v) is 11.1. The number of rotatable bonds is 2. The smallest absolute Gasteiger partial charge is 0.227 e. The van der Waals surface area contributed by atoms with Crippen LogP contribution in [0.3, 0.4) is 0 Å². The molecule has 2 aromatic heterocycles. The molecule has 0 fully saturated rings. The van der Waals surface area contributed by atoms with Gasteiger partial charge in [0, 0.05) is 21.7 Å². The summed E-state index contributed by atoms with van der Waals surface area (Å²) in [6.45, 7) is 0. The highest BCUT2D eigenvalue weighted by molar-refractivity contribution is 6.28. The van der Waals surface area contributed by atoms with E-state index in [-0.39, 0.29) is 0 Å². The Labute approximate surface area is 240 Å². The molecule has 7 aromatic carbocycles. The fraction of sp³-hybridized carbons (Fsp3) is 0. The van der Waals surface area contributed by atoms with Crippen LogP contribution in [0, 0.1) is 0 Å². The molecule has 194 valence electrons. The van der Waals surface area contributed by atoms with Gasteiger partial charge in [0.25, 0.3) is 0 Å². The van der Waals surface area contributed by atoms with Gasteiger partial charge >= 0.3 is 0 Å². The van der Waals surface area contributed by atoms with Crippen LogP contribution < -0.4 is 0 Å². The molecule has 10 rings (SSSR count). The van der Waals surface area contributed by atoms with Gasteiger partial charge in [-0.15, -0.1) is 0 Å². The lowest BCUT2D eigenvalue weighted by atomic mass is 9.95. The molecular formula is C39H21NO2. The van der Waals surface area contributed by atoms with Crippen molar-refractivity contribution in [2.24, 2.45) is 0 Å². The van der Waals surface area contributed by atoms with Crippen molar-refractivity contribution < 1.29 is 8.83 Å². The first-order chi connectivity index (χ1) is 20.8. The maximum absolute atomic E-state index is 6.36. The molecule has 3 heteroatoms. The molecule has 0 saturated carbocycles. The van der Waals surface area contributed by atoms with E-state index in [0.717, 1.165) is 49.6 Å². The third-order valence-corrected chi connectivity index (χ3v) is 8.83. The van der Waals surface area contributed by atoms with E-state index in [4.69, 9.17) is 13.8 Å². The molecule has 0 aliphatic heterocycles. The molecule has 1 aliphatic rings. The second kappa shape index (κ2) is 7.96. The van der Waals surface area contributed by atoms with Crippen molar-refractivity contribution in [1.29, 1.82) is 0 Å². The molecule has 0 saturated heterocycles. The van der Waals surface area contributed by atoms with E-state index < -0.39 is 0 Å². The van der Waals surface area contributed by atoms with Crippen molar-refractivity contribution in [2.75, 3.05) is 0 Å². The van der Waals surface area contributed by atoms with Crippen LogP contribution in [0.15, 0.2) is 136 Å². The SMILES string of the molecule is c1ccc(-c2nc3ccc4ccc(-c5ccc6c(c5)-c5cc7oc8ccccc8c7c7cccc-6c57)cc4c3o2)cc1. The first-order valence-electron chi connectivity index (χ1n) is 14.2. The molecule has 2 heterocycles. The monoisotopic (exact) mass is 535 g/mol. The number of benzene rings is 7. The molecular weight excluding hydrogens is 514 g/mol. The molecule has 0 spiro atoms. The third kappa shape index (κ3) is 2.92. The molecule has 42 heavy (non-hydrogen) atoms. The summed E-state index contributed by atoms with van der Waals surface area (Å²) < 4.78 is 12.7. The van der Waals surface area contributed by atoms with E-state index in [2.05, 4.69) is 84.9 Å². The Kier molecular flexibility index (Phi) is 4.18. The van der Waals surface area contributed by atoms with E-state index in [1.165, 1.54) is 44.0 Å². The minimum absolute atomic E-state index is 0.642. The first-order valence-corrected chi connectivity index (χ1v) is 14.2. The molecule has 0 N–H and O–H groups in total. The highest BCUT2D eigenvalue weighted by atomic mass is 16.3. The van der Waals surface area contributed by atoms with E-state index in [0.29, 0.717) is 5.89 Å². The van der Waals surface area contributed by atoms with Crippen LogP contribution in [0.1, 0.15) is 0 Å². The molecule has 0 amide bonds. The summed E-state index contributed by atoms with van der Waals surface area (Å²) in [5, 5.41) is 7.11. The van der Waals surface area contributed by atoms with Crippen molar-refractivity contribution >= 4 is 54.6 Å².